The molecule has 0 bridgehead atoms. The minimum atomic E-state index is 0.0204. The molecule has 10 rings (SSSR count). The van der Waals surface area contributed by atoms with E-state index in [1.165, 1.54) is 82.4 Å². The fourth-order valence-electron chi connectivity index (χ4n) is 8.11. The molecule has 0 atom stereocenters. The SMILES string of the molecule is CC(C)(C)c1ccc2c(c1)c1c(ccc3c4cc(-n5c6ccccc6c6ccccc65)ccc4n(-c4ccccc4)c31)n2-c1ccccc1. The normalized spacial score (nSPS) is 12.4. The molecule has 3 heterocycles. The quantitative estimate of drug-likeness (QED) is 0.185. The second kappa shape index (κ2) is 10.2. The Morgan fingerprint density at radius 2 is 0.857 bits per heavy atom. The molecule has 0 saturated heterocycles. The summed E-state index contributed by atoms with van der Waals surface area (Å²) in [6.07, 6.45) is 0. The third kappa shape index (κ3) is 4.02. The highest BCUT2D eigenvalue weighted by Crippen LogP contribution is 2.44. The molecular formula is C46H35N3. The maximum atomic E-state index is 2.49. The maximum Gasteiger partial charge on any atom is 0.0641 e. The fraction of sp³-hybridized carbons (Fsp3) is 0.0870. The van der Waals surface area contributed by atoms with Crippen LogP contribution in [0.25, 0.3) is 82.5 Å². The molecule has 49 heavy (non-hydrogen) atoms. The first-order valence-electron chi connectivity index (χ1n) is 17.1. The van der Waals surface area contributed by atoms with Crippen molar-refractivity contribution in [3.05, 3.63) is 163 Å². The molecule has 7 aromatic carbocycles. The third-order valence-corrected chi connectivity index (χ3v) is 10.4. The van der Waals surface area contributed by atoms with Gasteiger partial charge in [-0.2, -0.15) is 0 Å². The lowest BCUT2D eigenvalue weighted by atomic mass is 9.86. The van der Waals surface area contributed by atoms with Crippen LogP contribution in [0.3, 0.4) is 0 Å². The average molecular weight is 630 g/mol. The van der Waals surface area contributed by atoms with E-state index < -0.39 is 0 Å². The van der Waals surface area contributed by atoms with Crippen molar-refractivity contribution in [1.29, 1.82) is 0 Å². The number of hydrogen-bond donors (Lipinski definition) is 0. The van der Waals surface area contributed by atoms with E-state index >= 15 is 0 Å². The fourth-order valence-corrected chi connectivity index (χ4v) is 8.11. The monoisotopic (exact) mass is 629 g/mol. The zero-order chi connectivity index (χ0) is 32.9. The van der Waals surface area contributed by atoms with Crippen LogP contribution < -0.4 is 0 Å². The molecule has 0 saturated carbocycles. The molecular weight excluding hydrogens is 595 g/mol. The summed E-state index contributed by atoms with van der Waals surface area (Å²) in [5.74, 6) is 0. The summed E-state index contributed by atoms with van der Waals surface area (Å²) < 4.78 is 7.35. The van der Waals surface area contributed by atoms with Gasteiger partial charge in [0.05, 0.1) is 33.1 Å². The first kappa shape index (κ1) is 28.0. The Hall–Kier alpha value is -6.06. The van der Waals surface area contributed by atoms with Gasteiger partial charge in [-0.3, -0.25) is 0 Å². The van der Waals surface area contributed by atoms with Gasteiger partial charge in [0.2, 0.25) is 0 Å². The van der Waals surface area contributed by atoms with E-state index in [1.807, 2.05) is 0 Å². The van der Waals surface area contributed by atoms with E-state index in [0.29, 0.717) is 0 Å². The smallest absolute Gasteiger partial charge is 0.0641 e. The lowest BCUT2D eigenvalue weighted by Gasteiger charge is -2.19. The number of rotatable bonds is 3. The summed E-state index contributed by atoms with van der Waals surface area (Å²) in [7, 11) is 0. The van der Waals surface area contributed by atoms with Crippen LogP contribution in [0.15, 0.2) is 158 Å². The molecule has 0 fully saturated rings. The Balaban J connectivity index is 1.38. The van der Waals surface area contributed by atoms with E-state index in [4.69, 9.17) is 0 Å². The van der Waals surface area contributed by atoms with Crippen LogP contribution in [-0.4, -0.2) is 13.7 Å². The van der Waals surface area contributed by atoms with E-state index in [-0.39, 0.29) is 5.41 Å². The second-order valence-electron chi connectivity index (χ2n) is 14.3. The molecule has 234 valence electrons. The largest absolute Gasteiger partial charge is 0.309 e. The average Bonchev–Trinajstić information content (AvgIpc) is 3.77. The molecule has 0 aliphatic heterocycles. The lowest BCUT2D eigenvalue weighted by Crippen LogP contribution is -2.10. The van der Waals surface area contributed by atoms with Crippen LogP contribution in [-0.2, 0) is 5.41 Å². The van der Waals surface area contributed by atoms with Crippen LogP contribution >= 0.6 is 0 Å². The topological polar surface area (TPSA) is 14.8 Å². The van der Waals surface area contributed by atoms with Crippen LogP contribution in [0.5, 0.6) is 0 Å². The van der Waals surface area contributed by atoms with E-state index in [0.717, 1.165) is 5.69 Å². The summed E-state index contributed by atoms with van der Waals surface area (Å²) in [6.45, 7) is 6.91. The summed E-state index contributed by atoms with van der Waals surface area (Å²) in [4.78, 5) is 0. The van der Waals surface area contributed by atoms with Crippen LogP contribution in [0.1, 0.15) is 26.3 Å². The molecule has 3 nitrogen and oxygen atoms in total. The Bertz CT molecular complexity index is 2840. The predicted octanol–water partition coefficient (Wildman–Crippen LogP) is 12.3. The highest BCUT2D eigenvalue weighted by molar-refractivity contribution is 6.26. The molecule has 10 aromatic rings. The number of benzene rings is 7. The zero-order valence-electron chi connectivity index (χ0n) is 27.9. The minimum absolute atomic E-state index is 0.0204. The summed E-state index contributed by atoms with van der Waals surface area (Å²) >= 11 is 0. The van der Waals surface area contributed by atoms with Gasteiger partial charge in [0.15, 0.2) is 0 Å². The molecule has 0 radical (unpaired) electrons. The van der Waals surface area contributed by atoms with Crippen molar-refractivity contribution < 1.29 is 0 Å². The molecule has 0 spiro atoms. The van der Waals surface area contributed by atoms with Crippen molar-refractivity contribution in [2.45, 2.75) is 26.2 Å². The Kier molecular flexibility index (Phi) is 5.84. The lowest BCUT2D eigenvalue weighted by molar-refractivity contribution is 0.591. The standard InChI is InChI=1S/C46H35N3/c1-46(2,3)30-22-25-42-38(28-30)44-43(47(42)31-14-6-4-7-15-31)27-24-36-37-29-33(23-26-41(37)49(45(36)44)32-16-8-5-9-17-32)48-39-20-12-10-18-34(39)35-19-11-13-21-40(35)48/h4-29H,1-3H3. The number of para-hydroxylation sites is 4. The van der Waals surface area contributed by atoms with Crippen molar-refractivity contribution in [3.63, 3.8) is 0 Å². The Morgan fingerprint density at radius 3 is 1.51 bits per heavy atom. The van der Waals surface area contributed by atoms with Crippen LogP contribution in [0.2, 0.25) is 0 Å². The van der Waals surface area contributed by atoms with Gasteiger partial charge < -0.3 is 13.7 Å². The molecule has 0 unspecified atom stereocenters. The molecule has 0 aliphatic carbocycles. The van der Waals surface area contributed by atoms with Gasteiger partial charge in [-0.05, 0) is 83.8 Å². The molecule has 0 N–H and O–H groups in total. The van der Waals surface area contributed by atoms with Crippen LogP contribution in [0.4, 0.5) is 0 Å². The third-order valence-electron chi connectivity index (χ3n) is 10.4. The van der Waals surface area contributed by atoms with Crippen molar-refractivity contribution in [2.75, 3.05) is 0 Å². The Morgan fingerprint density at radius 1 is 0.347 bits per heavy atom. The van der Waals surface area contributed by atoms with E-state index in [1.54, 1.807) is 0 Å². The number of fused-ring (bicyclic) bond motifs is 10. The first-order valence-corrected chi connectivity index (χ1v) is 17.1. The minimum Gasteiger partial charge on any atom is -0.309 e. The highest BCUT2D eigenvalue weighted by Gasteiger charge is 2.23. The molecule has 0 aliphatic rings. The summed E-state index contributed by atoms with van der Waals surface area (Å²) in [5.41, 5.74) is 12.2. The van der Waals surface area contributed by atoms with Crippen molar-refractivity contribution in [1.82, 2.24) is 13.7 Å². The van der Waals surface area contributed by atoms with Gasteiger partial charge >= 0.3 is 0 Å². The molecule has 3 heteroatoms. The van der Waals surface area contributed by atoms with Gasteiger partial charge in [0.25, 0.3) is 0 Å². The number of aromatic nitrogens is 3. The summed E-state index contributed by atoms with van der Waals surface area (Å²) in [6, 6.07) is 57.9. The van der Waals surface area contributed by atoms with Gasteiger partial charge in [-0.15, -0.1) is 0 Å². The van der Waals surface area contributed by atoms with E-state index in [2.05, 4.69) is 192 Å². The number of nitrogens with zero attached hydrogens (tertiary/aromatic N) is 3. The summed E-state index contributed by atoms with van der Waals surface area (Å²) in [5, 5.41) is 7.60. The van der Waals surface area contributed by atoms with Crippen molar-refractivity contribution in [3.8, 4) is 17.1 Å². The van der Waals surface area contributed by atoms with Crippen LogP contribution in [0, 0.1) is 0 Å². The van der Waals surface area contributed by atoms with Gasteiger partial charge in [-0.1, -0.05) is 106 Å². The van der Waals surface area contributed by atoms with Gasteiger partial charge in [0, 0.05) is 49.4 Å². The second-order valence-corrected chi connectivity index (χ2v) is 14.3. The van der Waals surface area contributed by atoms with Gasteiger partial charge in [-0.25, -0.2) is 0 Å². The highest BCUT2D eigenvalue weighted by atomic mass is 15.0. The molecule has 3 aromatic heterocycles. The predicted molar refractivity (Wildman–Crippen MR) is 208 cm³/mol. The van der Waals surface area contributed by atoms with E-state index in [9.17, 15) is 0 Å². The van der Waals surface area contributed by atoms with Crippen molar-refractivity contribution >= 4 is 65.4 Å². The maximum absolute atomic E-state index is 2.49. The first-order chi connectivity index (χ1) is 24.0. The zero-order valence-corrected chi connectivity index (χ0v) is 27.9. The van der Waals surface area contributed by atoms with Gasteiger partial charge in [0.1, 0.15) is 0 Å². The van der Waals surface area contributed by atoms with Crippen molar-refractivity contribution in [2.24, 2.45) is 0 Å². The number of hydrogen-bond acceptors (Lipinski definition) is 0. The molecule has 0 amide bonds. The Labute approximate surface area is 284 Å².